The second-order valence-electron chi connectivity index (χ2n) is 5.25. The summed E-state index contributed by atoms with van der Waals surface area (Å²) in [6.45, 7) is 0. The number of halogens is 4. The van der Waals surface area contributed by atoms with Crippen LogP contribution in [0.4, 0.5) is 13.2 Å². The number of hydrogen-bond donors (Lipinski definition) is 2. The summed E-state index contributed by atoms with van der Waals surface area (Å²) in [4.78, 5) is 3.75. The number of para-hydroxylation sites is 1. The fraction of sp³-hybridized carbons (Fsp3) is 0.0625. The van der Waals surface area contributed by atoms with E-state index < -0.39 is 22.1 Å². The fourth-order valence-electron chi connectivity index (χ4n) is 2.13. The maximum absolute atomic E-state index is 13.0. The zero-order valence-electron chi connectivity index (χ0n) is 13.6. The van der Waals surface area contributed by atoms with E-state index in [4.69, 9.17) is 11.6 Å². The van der Waals surface area contributed by atoms with Crippen LogP contribution in [0.5, 0.6) is 0 Å². The molecule has 0 bridgehead atoms. The summed E-state index contributed by atoms with van der Waals surface area (Å²) in [7, 11) is -3.67. The van der Waals surface area contributed by atoms with E-state index in [-0.39, 0.29) is 5.82 Å². The number of aromatic nitrogens is 2. The molecular weight excluding hydrogens is 405 g/mol. The maximum atomic E-state index is 13.0. The standard InChI is InChI=1S/C16H10ClF3N2.H4N2O2S/c17-12-6-4-5-11(9-12)15-21-14(16(18,19)20)10-22(15)13-7-2-1-3-8-13;1-5(2,3)4/h1-10H;(H4,1,2,3,4). The molecule has 0 aliphatic heterocycles. The Balaban J connectivity index is 0.000000465. The SMILES string of the molecule is FC(F)(F)c1cn(-c2ccccc2)c(-c2cccc(Cl)c2)n1.NS(N)(=O)=O. The molecule has 144 valence electrons. The van der Waals surface area contributed by atoms with E-state index in [9.17, 15) is 21.6 Å². The summed E-state index contributed by atoms with van der Waals surface area (Å²) >= 11 is 5.93. The molecule has 2 aromatic carbocycles. The van der Waals surface area contributed by atoms with Crippen molar-refractivity contribution in [1.29, 1.82) is 0 Å². The lowest BCUT2D eigenvalue weighted by atomic mass is 10.2. The van der Waals surface area contributed by atoms with Crippen molar-refractivity contribution in [2.45, 2.75) is 6.18 Å². The highest BCUT2D eigenvalue weighted by Gasteiger charge is 2.35. The van der Waals surface area contributed by atoms with E-state index in [1.54, 1.807) is 54.6 Å². The number of imidazole rings is 1. The van der Waals surface area contributed by atoms with Crippen LogP contribution >= 0.6 is 11.6 Å². The first-order valence-corrected chi connectivity index (χ1v) is 9.22. The minimum absolute atomic E-state index is 0.195. The highest BCUT2D eigenvalue weighted by molar-refractivity contribution is 7.86. The minimum Gasteiger partial charge on any atom is -0.299 e. The Hall–Kier alpha value is -2.40. The van der Waals surface area contributed by atoms with Gasteiger partial charge in [-0.2, -0.15) is 21.6 Å². The molecule has 27 heavy (non-hydrogen) atoms. The fourth-order valence-corrected chi connectivity index (χ4v) is 2.32. The van der Waals surface area contributed by atoms with Crippen molar-refractivity contribution in [3.8, 4) is 17.1 Å². The molecule has 0 aliphatic rings. The van der Waals surface area contributed by atoms with Crippen LogP contribution in [-0.4, -0.2) is 18.0 Å². The lowest BCUT2D eigenvalue weighted by molar-refractivity contribution is -0.140. The van der Waals surface area contributed by atoms with Crippen LogP contribution in [0, 0.1) is 0 Å². The van der Waals surface area contributed by atoms with Crippen LogP contribution in [0.25, 0.3) is 17.1 Å². The van der Waals surface area contributed by atoms with E-state index in [1.807, 2.05) is 0 Å². The normalized spacial score (nSPS) is 11.6. The Morgan fingerprint density at radius 1 is 1.00 bits per heavy atom. The van der Waals surface area contributed by atoms with Gasteiger partial charge in [0.1, 0.15) is 5.82 Å². The van der Waals surface area contributed by atoms with Crippen LogP contribution in [0.3, 0.4) is 0 Å². The molecule has 0 amide bonds. The summed E-state index contributed by atoms with van der Waals surface area (Å²) < 4.78 is 58.8. The number of hydrogen-bond acceptors (Lipinski definition) is 3. The number of rotatable bonds is 2. The van der Waals surface area contributed by atoms with Crippen LogP contribution < -0.4 is 10.3 Å². The zero-order valence-corrected chi connectivity index (χ0v) is 15.1. The van der Waals surface area contributed by atoms with Gasteiger partial charge < -0.3 is 0 Å². The molecule has 0 saturated carbocycles. The molecule has 0 spiro atoms. The molecule has 0 radical (unpaired) electrons. The largest absolute Gasteiger partial charge is 0.434 e. The molecule has 0 atom stereocenters. The number of nitrogens with zero attached hydrogens (tertiary/aromatic N) is 2. The van der Waals surface area contributed by atoms with Crippen molar-refractivity contribution >= 4 is 21.8 Å². The summed E-state index contributed by atoms with van der Waals surface area (Å²) in [5.41, 5.74) is 0.179. The Labute approximate surface area is 158 Å². The molecule has 11 heteroatoms. The Morgan fingerprint density at radius 3 is 2.11 bits per heavy atom. The van der Waals surface area contributed by atoms with Gasteiger partial charge in [-0.1, -0.05) is 41.9 Å². The molecule has 3 rings (SSSR count). The van der Waals surface area contributed by atoms with E-state index >= 15 is 0 Å². The van der Waals surface area contributed by atoms with E-state index in [1.165, 1.54) is 4.57 Å². The molecule has 1 aromatic heterocycles. The highest BCUT2D eigenvalue weighted by atomic mass is 35.5. The molecule has 0 aliphatic carbocycles. The smallest absolute Gasteiger partial charge is 0.299 e. The van der Waals surface area contributed by atoms with Gasteiger partial charge in [0.05, 0.1) is 0 Å². The van der Waals surface area contributed by atoms with Gasteiger partial charge in [-0.15, -0.1) is 0 Å². The quantitative estimate of drug-likeness (QED) is 0.666. The number of nitrogens with two attached hydrogens (primary N) is 2. The average molecular weight is 419 g/mol. The lowest BCUT2D eigenvalue weighted by Crippen LogP contribution is -2.21. The Kier molecular flexibility index (Phi) is 6.26. The molecular formula is C16H14ClF3N4O2S. The topological polar surface area (TPSA) is 104 Å². The molecule has 6 nitrogen and oxygen atoms in total. The van der Waals surface area contributed by atoms with Crippen molar-refractivity contribution in [2.24, 2.45) is 10.3 Å². The second-order valence-corrected chi connectivity index (χ2v) is 6.87. The third kappa shape index (κ3) is 6.36. The average Bonchev–Trinajstić information content (AvgIpc) is 3.00. The van der Waals surface area contributed by atoms with Gasteiger partial charge in [-0.05, 0) is 24.3 Å². The number of benzene rings is 2. The number of alkyl halides is 3. The third-order valence-electron chi connectivity index (χ3n) is 3.11. The molecule has 1 heterocycles. The first kappa shape index (κ1) is 20.9. The first-order valence-electron chi connectivity index (χ1n) is 7.23. The Bertz CT molecular complexity index is 1010. The van der Waals surface area contributed by atoms with Crippen molar-refractivity contribution in [2.75, 3.05) is 0 Å². The van der Waals surface area contributed by atoms with Gasteiger partial charge in [0, 0.05) is 22.5 Å². The van der Waals surface area contributed by atoms with Crippen molar-refractivity contribution < 1.29 is 21.6 Å². The van der Waals surface area contributed by atoms with Crippen LogP contribution in [0.15, 0.2) is 60.8 Å². The van der Waals surface area contributed by atoms with Gasteiger partial charge in [-0.3, -0.25) is 4.57 Å². The summed E-state index contributed by atoms with van der Waals surface area (Å²) in [5, 5.41) is 8.65. The first-order chi connectivity index (χ1) is 12.4. The predicted octanol–water partition coefficient (Wildman–Crippen LogP) is 3.36. The predicted molar refractivity (Wildman–Crippen MR) is 96.3 cm³/mol. The molecule has 0 fully saturated rings. The summed E-state index contributed by atoms with van der Waals surface area (Å²) in [6, 6.07) is 15.3. The van der Waals surface area contributed by atoms with Crippen molar-refractivity contribution in [3.05, 3.63) is 71.5 Å². The lowest BCUT2D eigenvalue weighted by Gasteiger charge is -2.07. The molecule has 0 unspecified atom stereocenters. The zero-order chi connectivity index (χ0) is 20.2. The maximum Gasteiger partial charge on any atom is 0.434 e. The Morgan fingerprint density at radius 2 is 1.59 bits per heavy atom. The molecule has 3 aromatic rings. The minimum atomic E-state index is -4.51. The van der Waals surface area contributed by atoms with E-state index in [0.29, 0.717) is 16.3 Å². The van der Waals surface area contributed by atoms with E-state index in [0.717, 1.165) is 6.20 Å². The van der Waals surface area contributed by atoms with Gasteiger partial charge >= 0.3 is 6.18 Å². The summed E-state index contributed by atoms with van der Waals surface area (Å²) in [5.74, 6) is 0.195. The van der Waals surface area contributed by atoms with Gasteiger partial charge in [0.25, 0.3) is 10.2 Å². The third-order valence-corrected chi connectivity index (χ3v) is 3.35. The van der Waals surface area contributed by atoms with Gasteiger partial charge in [0.2, 0.25) is 0 Å². The summed E-state index contributed by atoms with van der Waals surface area (Å²) in [6.07, 6.45) is -3.51. The van der Waals surface area contributed by atoms with Gasteiger partial charge in [-0.25, -0.2) is 15.3 Å². The van der Waals surface area contributed by atoms with Gasteiger partial charge in [0.15, 0.2) is 5.69 Å². The second kappa shape index (κ2) is 8.09. The van der Waals surface area contributed by atoms with Crippen LogP contribution in [0.2, 0.25) is 5.02 Å². The monoisotopic (exact) mass is 418 g/mol. The van der Waals surface area contributed by atoms with Crippen LogP contribution in [-0.2, 0) is 16.4 Å². The van der Waals surface area contributed by atoms with Crippen molar-refractivity contribution in [3.63, 3.8) is 0 Å². The molecule has 0 saturated heterocycles. The molecule has 4 N–H and O–H groups in total. The highest BCUT2D eigenvalue weighted by Crippen LogP contribution is 2.33. The van der Waals surface area contributed by atoms with E-state index in [2.05, 4.69) is 15.3 Å². The van der Waals surface area contributed by atoms with Crippen LogP contribution in [0.1, 0.15) is 5.69 Å². The van der Waals surface area contributed by atoms with Crippen molar-refractivity contribution in [1.82, 2.24) is 9.55 Å².